The van der Waals surface area contributed by atoms with Gasteiger partial charge in [-0.1, -0.05) is 13.0 Å². The molecule has 0 bridgehead atoms. The first-order valence-electron chi connectivity index (χ1n) is 9.01. The molecule has 1 fully saturated rings. The highest BCUT2D eigenvalue weighted by atomic mass is 16.5. The Morgan fingerprint density at radius 3 is 2.30 bits per heavy atom. The smallest absolute Gasteiger partial charge is 0.161 e. The van der Waals surface area contributed by atoms with Crippen molar-refractivity contribution in [2.24, 2.45) is 0 Å². The topological polar surface area (TPSA) is 50.7 Å². The lowest BCUT2D eigenvalue weighted by molar-refractivity contribution is 0.114. The van der Waals surface area contributed by atoms with Crippen LogP contribution in [0.4, 0.5) is 0 Å². The second-order valence-electron chi connectivity index (χ2n) is 6.21. The molecule has 1 aliphatic rings. The van der Waals surface area contributed by atoms with Gasteiger partial charge in [-0.05, 0) is 63.6 Å². The number of aliphatic hydroxyl groups is 1. The van der Waals surface area contributed by atoms with Crippen molar-refractivity contribution in [1.29, 1.82) is 0 Å². The Morgan fingerprint density at radius 1 is 1.04 bits per heavy atom. The van der Waals surface area contributed by atoms with Crippen molar-refractivity contribution in [2.75, 3.05) is 13.2 Å². The fraction of sp³-hybridized carbons (Fsp3) is 0.684. The highest BCUT2D eigenvalue weighted by Gasteiger charge is 2.22. The van der Waals surface area contributed by atoms with Gasteiger partial charge >= 0.3 is 0 Å². The standard InChI is InChI=1S/C19H31NO3/c1-4-17(20-15-8-10-16(21)11-9-15)14-7-12-18(22-5-2)19(13-14)23-6-3/h7,12-13,15-17,20-21H,4-6,8-11H2,1-3H3. The predicted octanol–water partition coefficient (Wildman–Crippen LogP) is 3.83. The van der Waals surface area contributed by atoms with Crippen molar-refractivity contribution >= 4 is 0 Å². The third kappa shape index (κ3) is 5.11. The SMILES string of the molecule is CCOc1ccc(C(CC)NC2CCC(O)CC2)cc1OCC. The Hall–Kier alpha value is -1.26. The number of hydrogen-bond donors (Lipinski definition) is 2. The fourth-order valence-electron chi connectivity index (χ4n) is 3.26. The van der Waals surface area contributed by atoms with Gasteiger partial charge < -0.3 is 19.9 Å². The van der Waals surface area contributed by atoms with Gasteiger partial charge in [0.15, 0.2) is 11.5 Å². The molecule has 1 aromatic rings. The first kappa shape index (κ1) is 18.1. The second-order valence-corrected chi connectivity index (χ2v) is 6.21. The Labute approximate surface area is 140 Å². The summed E-state index contributed by atoms with van der Waals surface area (Å²) in [5.74, 6) is 1.64. The maximum Gasteiger partial charge on any atom is 0.161 e. The zero-order chi connectivity index (χ0) is 16.7. The third-order valence-electron chi connectivity index (χ3n) is 4.51. The van der Waals surface area contributed by atoms with Crippen LogP contribution in [-0.2, 0) is 0 Å². The molecule has 0 saturated heterocycles. The summed E-state index contributed by atoms with van der Waals surface area (Å²) in [7, 11) is 0. The summed E-state index contributed by atoms with van der Waals surface area (Å²) in [4.78, 5) is 0. The van der Waals surface area contributed by atoms with E-state index in [2.05, 4.69) is 24.4 Å². The van der Waals surface area contributed by atoms with Crippen LogP contribution < -0.4 is 14.8 Å². The van der Waals surface area contributed by atoms with Crippen LogP contribution in [0.3, 0.4) is 0 Å². The van der Waals surface area contributed by atoms with E-state index >= 15 is 0 Å². The molecule has 2 rings (SSSR count). The number of nitrogens with one attached hydrogen (secondary N) is 1. The number of ether oxygens (including phenoxy) is 2. The first-order chi connectivity index (χ1) is 11.2. The van der Waals surface area contributed by atoms with E-state index in [1.54, 1.807) is 0 Å². The molecule has 0 amide bonds. The van der Waals surface area contributed by atoms with Crippen LogP contribution in [0, 0.1) is 0 Å². The summed E-state index contributed by atoms with van der Waals surface area (Å²) in [6.45, 7) is 7.45. The van der Waals surface area contributed by atoms with Crippen LogP contribution >= 0.6 is 0 Å². The molecule has 1 aliphatic carbocycles. The maximum atomic E-state index is 9.65. The molecule has 0 aromatic heterocycles. The zero-order valence-corrected chi connectivity index (χ0v) is 14.7. The molecule has 1 aromatic carbocycles. The van der Waals surface area contributed by atoms with Gasteiger partial charge in [-0.15, -0.1) is 0 Å². The summed E-state index contributed by atoms with van der Waals surface area (Å²) in [5.41, 5.74) is 1.24. The fourth-order valence-corrected chi connectivity index (χ4v) is 3.26. The van der Waals surface area contributed by atoms with E-state index < -0.39 is 0 Å². The number of hydrogen-bond acceptors (Lipinski definition) is 4. The Balaban J connectivity index is 2.08. The number of aliphatic hydroxyl groups excluding tert-OH is 1. The largest absolute Gasteiger partial charge is 0.490 e. The number of rotatable bonds is 8. The van der Waals surface area contributed by atoms with Crippen LogP contribution in [0.15, 0.2) is 18.2 Å². The van der Waals surface area contributed by atoms with Gasteiger partial charge in [0.1, 0.15) is 0 Å². The summed E-state index contributed by atoms with van der Waals surface area (Å²) in [6.07, 6.45) is 4.82. The zero-order valence-electron chi connectivity index (χ0n) is 14.7. The van der Waals surface area contributed by atoms with Crippen molar-refractivity contribution in [1.82, 2.24) is 5.32 Å². The summed E-state index contributed by atoms with van der Waals surface area (Å²) in [5, 5.41) is 13.4. The van der Waals surface area contributed by atoms with Crippen LogP contribution in [0.25, 0.3) is 0 Å². The molecule has 0 aliphatic heterocycles. The highest BCUT2D eigenvalue weighted by molar-refractivity contribution is 5.44. The van der Waals surface area contributed by atoms with E-state index in [0.717, 1.165) is 43.6 Å². The van der Waals surface area contributed by atoms with Gasteiger partial charge in [0.25, 0.3) is 0 Å². The highest BCUT2D eigenvalue weighted by Crippen LogP contribution is 2.32. The monoisotopic (exact) mass is 321 g/mol. The lowest BCUT2D eigenvalue weighted by Crippen LogP contribution is -2.36. The maximum absolute atomic E-state index is 9.65. The third-order valence-corrected chi connectivity index (χ3v) is 4.51. The van der Waals surface area contributed by atoms with Crippen molar-refractivity contribution < 1.29 is 14.6 Å². The lowest BCUT2D eigenvalue weighted by Gasteiger charge is -2.30. The van der Waals surface area contributed by atoms with Crippen LogP contribution in [-0.4, -0.2) is 30.5 Å². The van der Waals surface area contributed by atoms with E-state index in [9.17, 15) is 5.11 Å². The van der Waals surface area contributed by atoms with E-state index in [4.69, 9.17) is 9.47 Å². The van der Waals surface area contributed by atoms with Gasteiger partial charge in [-0.3, -0.25) is 0 Å². The van der Waals surface area contributed by atoms with Crippen LogP contribution in [0.2, 0.25) is 0 Å². The van der Waals surface area contributed by atoms with Gasteiger partial charge in [-0.25, -0.2) is 0 Å². The molecule has 2 N–H and O–H groups in total. The van der Waals surface area contributed by atoms with Gasteiger partial charge in [0.2, 0.25) is 0 Å². The van der Waals surface area contributed by atoms with Gasteiger partial charge in [0.05, 0.1) is 19.3 Å². The van der Waals surface area contributed by atoms with E-state index in [1.165, 1.54) is 5.56 Å². The van der Waals surface area contributed by atoms with Gasteiger partial charge in [-0.2, -0.15) is 0 Å². The van der Waals surface area contributed by atoms with Crippen LogP contribution in [0.5, 0.6) is 11.5 Å². The van der Waals surface area contributed by atoms with E-state index in [-0.39, 0.29) is 6.10 Å². The van der Waals surface area contributed by atoms with Crippen molar-refractivity contribution in [3.05, 3.63) is 23.8 Å². The second kappa shape index (κ2) is 9.14. The van der Waals surface area contributed by atoms with Crippen molar-refractivity contribution in [3.63, 3.8) is 0 Å². The van der Waals surface area contributed by atoms with Crippen molar-refractivity contribution in [2.45, 2.75) is 71.1 Å². The van der Waals surface area contributed by atoms with E-state index in [0.29, 0.717) is 25.3 Å². The average molecular weight is 321 g/mol. The molecule has 4 nitrogen and oxygen atoms in total. The van der Waals surface area contributed by atoms with Crippen molar-refractivity contribution in [3.8, 4) is 11.5 Å². The van der Waals surface area contributed by atoms with E-state index in [1.807, 2.05) is 19.9 Å². The van der Waals surface area contributed by atoms with Gasteiger partial charge in [0, 0.05) is 12.1 Å². The molecule has 1 atom stereocenters. The molecular weight excluding hydrogens is 290 g/mol. The molecule has 1 unspecified atom stereocenters. The first-order valence-corrected chi connectivity index (χ1v) is 9.01. The average Bonchev–Trinajstić information content (AvgIpc) is 2.56. The molecule has 0 radical (unpaired) electrons. The molecule has 0 spiro atoms. The minimum Gasteiger partial charge on any atom is -0.490 e. The molecule has 4 heteroatoms. The number of benzene rings is 1. The minimum absolute atomic E-state index is 0.108. The molecule has 0 heterocycles. The lowest BCUT2D eigenvalue weighted by atomic mass is 9.91. The molecular formula is C19H31NO3. The Bertz CT molecular complexity index is 470. The van der Waals surface area contributed by atoms with Crippen LogP contribution in [0.1, 0.15) is 64.5 Å². The molecule has 1 saturated carbocycles. The quantitative estimate of drug-likeness (QED) is 0.764. The summed E-state index contributed by atoms with van der Waals surface area (Å²) >= 11 is 0. The minimum atomic E-state index is -0.108. The molecule has 130 valence electrons. The predicted molar refractivity (Wildman–Crippen MR) is 93.2 cm³/mol. The Morgan fingerprint density at radius 2 is 1.70 bits per heavy atom. The normalized spacial score (nSPS) is 22.6. The summed E-state index contributed by atoms with van der Waals surface area (Å²) < 4.78 is 11.4. The Kier molecular flexibility index (Phi) is 7.18. The molecule has 23 heavy (non-hydrogen) atoms. The summed E-state index contributed by atoms with van der Waals surface area (Å²) in [6, 6.07) is 7.05.